The van der Waals surface area contributed by atoms with Gasteiger partial charge in [-0.15, -0.1) is 0 Å². The normalized spacial score (nSPS) is 12.0. The predicted octanol–water partition coefficient (Wildman–Crippen LogP) is 3.50. The molecule has 3 aromatic rings. The smallest absolute Gasteiger partial charge is 0.308 e. The van der Waals surface area contributed by atoms with Gasteiger partial charge in [-0.2, -0.15) is 0 Å². The van der Waals surface area contributed by atoms with E-state index >= 15 is 0 Å². The molecule has 7 heteroatoms. The largest absolute Gasteiger partial charge is 0.493 e. The molecule has 0 saturated carbocycles. The van der Waals surface area contributed by atoms with Crippen molar-refractivity contribution in [2.24, 2.45) is 0 Å². The van der Waals surface area contributed by atoms with E-state index in [2.05, 4.69) is 5.32 Å². The molecule has 0 spiro atoms. The number of nitrogens with zero attached hydrogens (tertiary/aromatic N) is 1. The van der Waals surface area contributed by atoms with Gasteiger partial charge < -0.3 is 14.8 Å². The number of hydrogen-bond donors (Lipinski definition) is 1. The quantitative estimate of drug-likeness (QED) is 0.719. The maximum absolute atomic E-state index is 12.4. The summed E-state index contributed by atoms with van der Waals surface area (Å²) in [5, 5.41) is 2.83. The van der Waals surface area contributed by atoms with Gasteiger partial charge in [0, 0.05) is 12.2 Å². The number of thiazole rings is 1. The van der Waals surface area contributed by atoms with E-state index in [9.17, 15) is 9.59 Å². The Kier molecular flexibility index (Phi) is 5.27. The first-order valence-corrected chi connectivity index (χ1v) is 9.09. The van der Waals surface area contributed by atoms with E-state index in [-0.39, 0.29) is 10.8 Å². The second-order valence-electron chi connectivity index (χ2n) is 5.69. The molecule has 6 nitrogen and oxygen atoms in total. The number of anilines is 1. The number of nitrogens with one attached hydrogen (secondary N) is 1. The molecule has 26 heavy (non-hydrogen) atoms. The lowest BCUT2D eigenvalue weighted by Gasteiger charge is -2.16. The molecule has 0 aliphatic rings. The minimum Gasteiger partial charge on any atom is -0.493 e. The summed E-state index contributed by atoms with van der Waals surface area (Å²) in [7, 11) is 1.55. The van der Waals surface area contributed by atoms with Gasteiger partial charge in [0.2, 0.25) is 0 Å². The first-order chi connectivity index (χ1) is 12.5. The molecule has 1 atom stereocenters. The molecule has 0 saturated heterocycles. The number of aryl methyl sites for hydroxylation is 1. The number of amides is 1. The predicted molar refractivity (Wildman–Crippen MR) is 103 cm³/mol. The number of aromatic nitrogens is 1. The lowest BCUT2D eigenvalue weighted by atomic mass is 10.2. The van der Waals surface area contributed by atoms with Crippen molar-refractivity contribution in [3.8, 4) is 11.5 Å². The van der Waals surface area contributed by atoms with Crippen LogP contribution in [0.3, 0.4) is 0 Å². The number of benzene rings is 2. The number of fused-ring (bicyclic) bond motifs is 1. The summed E-state index contributed by atoms with van der Waals surface area (Å²) < 4.78 is 13.5. The van der Waals surface area contributed by atoms with Gasteiger partial charge >= 0.3 is 4.87 Å². The maximum atomic E-state index is 12.4. The maximum Gasteiger partial charge on any atom is 0.308 e. The highest BCUT2D eigenvalue weighted by atomic mass is 32.1. The van der Waals surface area contributed by atoms with Gasteiger partial charge in [-0.1, -0.05) is 23.5 Å². The van der Waals surface area contributed by atoms with Gasteiger partial charge in [0.15, 0.2) is 17.6 Å². The minimum absolute atomic E-state index is 0.00106. The average molecular weight is 372 g/mol. The molecule has 0 aliphatic carbocycles. The van der Waals surface area contributed by atoms with Crippen LogP contribution in [0.15, 0.2) is 47.3 Å². The Balaban J connectivity index is 1.74. The highest BCUT2D eigenvalue weighted by molar-refractivity contribution is 7.16. The molecule has 1 N–H and O–H groups in total. The Morgan fingerprint density at radius 3 is 2.65 bits per heavy atom. The summed E-state index contributed by atoms with van der Waals surface area (Å²) in [5.74, 6) is 0.795. The van der Waals surface area contributed by atoms with Crippen LogP contribution in [-0.4, -0.2) is 23.7 Å². The molecular formula is C19H20N2O4S. The van der Waals surface area contributed by atoms with Crippen LogP contribution < -0.4 is 19.7 Å². The summed E-state index contributed by atoms with van der Waals surface area (Å²) in [6.45, 7) is 4.22. The van der Waals surface area contributed by atoms with E-state index in [0.29, 0.717) is 23.7 Å². The SMILES string of the molecule is CCn1c(=O)sc2cc(NC(=O)[C@H](C)Oc3ccccc3OC)ccc21. The molecule has 0 bridgehead atoms. The van der Waals surface area contributed by atoms with Crippen LogP contribution in [-0.2, 0) is 11.3 Å². The molecular weight excluding hydrogens is 352 g/mol. The van der Waals surface area contributed by atoms with Crippen molar-refractivity contribution in [2.45, 2.75) is 26.5 Å². The molecule has 0 aliphatic heterocycles. The summed E-state index contributed by atoms with van der Waals surface area (Å²) in [4.78, 5) is 24.4. The number of carbonyl (C=O) groups is 1. The van der Waals surface area contributed by atoms with Crippen molar-refractivity contribution in [1.29, 1.82) is 0 Å². The molecule has 2 aromatic carbocycles. The number of ether oxygens (including phenoxy) is 2. The van der Waals surface area contributed by atoms with E-state index in [1.165, 1.54) is 11.3 Å². The van der Waals surface area contributed by atoms with Crippen LogP contribution in [0.2, 0.25) is 0 Å². The lowest BCUT2D eigenvalue weighted by molar-refractivity contribution is -0.122. The summed E-state index contributed by atoms with van der Waals surface area (Å²) >= 11 is 1.17. The fourth-order valence-corrected chi connectivity index (χ4v) is 3.64. The van der Waals surface area contributed by atoms with Crippen LogP contribution in [0.25, 0.3) is 10.2 Å². The number of para-hydroxylation sites is 2. The van der Waals surface area contributed by atoms with Gasteiger partial charge in [0.25, 0.3) is 5.91 Å². The highest BCUT2D eigenvalue weighted by Crippen LogP contribution is 2.27. The van der Waals surface area contributed by atoms with Crippen LogP contribution in [0.5, 0.6) is 11.5 Å². The molecule has 136 valence electrons. The fraction of sp³-hybridized carbons (Fsp3) is 0.263. The van der Waals surface area contributed by atoms with Gasteiger partial charge in [-0.05, 0) is 44.2 Å². The van der Waals surface area contributed by atoms with Crippen LogP contribution in [0.1, 0.15) is 13.8 Å². The monoisotopic (exact) mass is 372 g/mol. The van der Waals surface area contributed by atoms with Gasteiger partial charge in [0.05, 0.1) is 17.3 Å². The Hall–Kier alpha value is -2.80. The van der Waals surface area contributed by atoms with Crippen molar-refractivity contribution in [1.82, 2.24) is 4.57 Å². The van der Waals surface area contributed by atoms with Crippen molar-refractivity contribution >= 4 is 33.1 Å². The summed E-state index contributed by atoms with van der Waals surface area (Å²) in [6.07, 6.45) is -0.707. The zero-order chi connectivity index (χ0) is 18.7. The Labute approximate surface area is 155 Å². The number of methoxy groups -OCH3 is 1. The van der Waals surface area contributed by atoms with Crippen molar-refractivity contribution in [3.05, 3.63) is 52.1 Å². The molecule has 3 rings (SSSR count). The second kappa shape index (κ2) is 7.61. The molecule has 0 radical (unpaired) electrons. The molecule has 1 amide bonds. The first kappa shape index (κ1) is 18.0. The van der Waals surface area contributed by atoms with Crippen LogP contribution >= 0.6 is 11.3 Å². The third-order valence-corrected chi connectivity index (χ3v) is 4.94. The van der Waals surface area contributed by atoms with Crippen molar-refractivity contribution in [3.63, 3.8) is 0 Å². The Bertz CT molecular complexity index is 993. The molecule has 0 fully saturated rings. The van der Waals surface area contributed by atoms with Crippen LogP contribution in [0, 0.1) is 0 Å². The minimum atomic E-state index is -0.707. The zero-order valence-electron chi connectivity index (χ0n) is 14.8. The van der Waals surface area contributed by atoms with Crippen molar-refractivity contribution < 1.29 is 14.3 Å². The Morgan fingerprint density at radius 2 is 1.96 bits per heavy atom. The lowest BCUT2D eigenvalue weighted by Crippen LogP contribution is -2.30. The van der Waals surface area contributed by atoms with E-state index in [1.807, 2.05) is 25.1 Å². The van der Waals surface area contributed by atoms with E-state index in [0.717, 1.165) is 10.2 Å². The fourth-order valence-electron chi connectivity index (χ4n) is 2.65. The number of hydrogen-bond acceptors (Lipinski definition) is 5. The molecule has 0 unspecified atom stereocenters. The van der Waals surface area contributed by atoms with E-state index < -0.39 is 6.10 Å². The Morgan fingerprint density at radius 1 is 1.23 bits per heavy atom. The van der Waals surface area contributed by atoms with E-state index in [1.54, 1.807) is 42.9 Å². The third-order valence-electron chi connectivity index (χ3n) is 3.99. The topological polar surface area (TPSA) is 69.6 Å². The van der Waals surface area contributed by atoms with Gasteiger partial charge in [-0.3, -0.25) is 14.2 Å². The van der Waals surface area contributed by atoms with Crippen molar-refractivity contribution in [2.75, 3.05) is 12.4 Å². The third kappa shape index (κ3) is 3.57. The number of rotatable bonds is 6. The number of carbonyl (C=O) groups excluding carboxylic acids is 1. The summed E-state index contributed by atoms with van der Waals surface area (Å²) in [5.41, 5.74) is 1.50. The van der Waals surface area contributed by atoms with Gasteiger partial charge in [-0.25, -0.2) is 0 Å². The van der Waals surface area contributed by atoms with Gasteiger partial charge in [0.1, 0.15) is 0 Å². The summed E-state index contributed by atoms with van der Waals surface area (Å²) in [6, 6.07) is 12.6. The molecule has 1 aromatic heterocycles. The average Bonchev–Trinajstić information content (AvgIpc) is 2.96. The standard InChI is InChI=1S/C19H20N2O4S/c1-4-21-14-10-9-13(11-17(14)26-19(21)23)20-18(22)12(2)25-16-8-6-5-7-15(16)24-3/h5-12H,4H2,1-3H3,(H,20,22)/t12-/m0/s1. The molecule has 1 heterocycles. The van der Waals surface area contributed by atoms with E-state index in [4.69, 9.17) is 9.47 Å². The van der Waals surface area contributed by atoms with Crippen LogP contribution in [0.4, 0.5) is 5.69 Å². The first-order valence-electron chi connectivity index (χ1n) is 8.27. The zero-order valence-corrected chi connectivity index (χ0v) is 15.6. The highest BCUT2D eigenvalue weighted by Gasteiger charge is 2.17. The second-order valence-corrected chi connectivity index (χ2v) is 6.69.